The molecule has 1 rings (SSSR count). The van der Waals surface area contributed by atoms with Crippen LogP contribution in [0.25, 0.3) is 0 Å². The van der Waals surface area contributed by atoms with Crippen molar-refractivity contribution in [2.75, 3.05) is 7.11 Å². The van der Waals surface area contributed by atoms with Crippen LogP contribution in [0.3, 0.4) is 0 Å². The maximum absolute atomic E-state index is 11.9. The summed E-state index contributed by atoms with van der Waals surface area (Å²) in [5.74, 6) is 4.35. The van der Waals surface area contributed by atoms with E-state index < -0.39 is 12.3 Å². The van der Waals surface area contributed by atoms with Gasteiger partial charge in [-0.2, -0.15) is 0 Å². The van der Waals surface area contributed by atoms with Gasteiger partial charge < -0.3 is 9.47 Å². The van der Waals surface area contributed by atoms with Crippen LogP contribution in [0.5, 0.6) is 5.75 Å². The molecular formula is C12H9F3O3. The number of esters is 1. The summed E-state index contributed by atoms with van der Waals surface area (Å²) >= 11 is 0. The van der Waals surface area contributed by atoms with Crippen LogP contribution >= 0.6 is 0 Å². The molecule has 0 saturated heterocycles. The maximum Gasteiger partial charge on any atom is 0.573 e. The summed E-state index contributed by atoms with van der Waals surface area (Å²) < 4.78 is 43.7. The van der Waals surface area contributed by atoms with Crippen molar-refractivity contribution in [3.05, 3.63) is 29.8 Å². The number of alkyl halides is 3. The molecule has 0 N–H and O–H groups in total. The van der Waals surface area contributed by atoms with Crippen molar-refractivity contribution in [2.45, 2.75) is 12.8 Å². The topological polar surface area (TPSA) is 35.5 Å². The van der Waals surface area contributed by atoms with E-state index in [2.05, 4.69) is 21.3 Å². The minimum atomic E-state index is -4.71. The molecule has 0 atom stereocenters. The number of benzene rings is 1. The van der Waals surface area contributed by atoms with Crippen molar-refractivity contribution in [1.82, 2.24) is 0 Å². The van der Waals surface area contributed by atoms with Gasteiger partial charge >= 0.3 is 12.3 Å². The number of rotatable bonds is 2. The molecule has 3 nitrogen and oxygen atoms in total. The molecule has 0 fully saturated rings. The average Bonchev–Trinajstić information content (AvgIpc) is 2.29. The summed E-state index contributed by atoms with van der Waals surface area (Å²) in [6, 6.07) is 5.03. The third kappa shape index (κ3) is 5.25. The van der Waals surface area contributed by atoms with Crippen LogP contribution in [0.15, 0.2) is 24.3 Å². The second-order valence-corrected chi connectivity index (χ2v) is 3.13. The van der Waals surface area contributed by atoms with E-state index in [1.54, 1.807) is 0 Å². The zero-order valence-corrected chi connectivity index (χ0v) is 9.38. The third-order valence-electron chi connectivity index (χ3n) is 1.78. The zero-order valence-electron chi connectivity index (χ0n) is 9.38. The fraction of sp³-hybridized carbons (Fsp3) is 0.250. The number of carbonyl (C=O) groups excluding carboxylic acids is 1. The first-order valence-electron chi connectivity index (χ1n) is 4.82. The molecule has 0 radical (unpaired) electrons. The predicted molar refractivity (Wildman–Crippen MR) is 56.6 cm³/mol. The van der Waals surface area contributed by atoms with Gasteiger partial charge in [-0.25, -0.2) is 0 Å². The molecule has 0 spiro atoms. The van der Waals surface area contributed by atoms with Crippen LogP contribution in [0, 0.1) is 11.8 Å². The second kappa shape index (κ2) is 5.96. The lowest BCUT2D eigenvalue weighted by Gasteiger charge is -2.07. The largest absolute Gasteiger partial charge is 0.573 e. The fourth-order valence-electron chi connectivity index (χ4n) is 1.03. The lowest BCUT2D eigenvalue weighted by atomic mass is 10.2. The van der Waals surface area contributed by atoms with Gasteiger partial charge in [-0.1, -0.05) is 11.8 Å². The Bertz CT molecular complexity index is 466. The molecule has 6 heteroatoms. The van der Waals surface area contributed by atoms with E-state index in [4.69, 9.17) is 0 Å². The highest BCUT2D eigenvalue weighted by Gasteiger charge is 2.30. The minimum Gasteiger partial charge on any atom is -0.468 e. The number of carbonyl (C=O) groups is 1. The normalized spacial score (nSPS) is 10.2. The maximum atomic E-state index is 11.9. The summed E-state index contributed by atoms with van der Waals surface area (Å²) in [7, 11) is 1.24. The van der Waals surface area contributed by atoms with Gasteiger partial charge in [-0.3, -0.25) is 4.79 Å². The van der Waals surface area contributed by atoms with Crippen LogP contribution in [0.2, 0.25) is 0 Å². The quantitative estimate of drug-likeness (QED) is 0.604. The van der Waals surface area contributed by atoms with Crippen LogP contribution in [-0.2, 0) is 9.53 Å². The molecule has 0 heterocycles. The minimum absolute atomic E-state index is 0.0721. The lowest BCUT2D eigenvalue weighted by Crippen LogP contribution is -2.16. The Balaban J connectivity index is 2.63. The molecule has 96 valence electrons. The number of methoxy groups -OCH3 is 1. The average molecular weight is 258 g/mol. The number of ether oxygens (including phenoxy) is 2. The van der Waals surface area contributed by atoms with Gasteiger partial charge in [0.1, 0.15) is 12.2 Å². The Morgan fingerprint density at radius 1 is 1.28 bits per heavy atom. The van der Waals surface area contributed by atoms with E-state index in [1.807, 2.05) is 0 Å². The van der Waals surface area contributed by atoms with Gasteiger partial charge in [-0.15, -0.1) is 13.2 Å². The van der Waals surface area contributed by atoms with Crippen molar-refractivity contribution in [2.24, 2.45) is 0 Å². The summed E-state index contributed by atoms with van der Waals surface area (Å²) in [6.07, 6.45) is -4.78. The molecule has 0 saturated carbocycles. The van der Waals surface area contributed by atoms with Crippen LogP contribution in [0.1, 0.15) is 12.0 Å². The van der Waals surface area contributed by atoms with Crippen molar-refractivity contribution >= 4 is 5.97 Å². The highest BCUT2D eigenvalue weighted by molar-refractivity contribution is 5.72. The van der Waals surface area contributed by atoms with Crippen molar-refractivity contribution < 1.29 is 27.4 Å². The number of hydrogen-bond donors (Lipinski definition) is 0. The van der Waals surface area contributed by atoms with E-state index >= 15 is 0 Å². The number of hydrogen-bond acceptors (Lipinski definition) is 3. The van der Waals surface area contributed by atoms with E-state index in [0.717, 1.165) is 12.1 Å². The molecule has 0 amide bonds. The first-order chi connectivity index (χ1) is 8.40. The Labute approximate surface area is 102 Å². The van der Waals surface area contributed by atoms with E-state index in [9.17, 15) is 18.0 Å². The van der Waals surface area contributed by atoms with Crippen LogP contribution in [0.4, 0.5) is 13.2 Å². The van der Waals surface area contributed by atoms with Crippen molar-refractivity contribution in [3.8, 4) is 17.6 Å². The van der Waals surface area contributed by atoms with Crippen molar-refractivity contribution in [3.63, 3.8) is 0 Å². The predicted octanol–water partition coefficient (Wildman–Crippen LogP) is 2.50. The van der Waals surface area contributed by atoms with E-state index in [-0.39, 0.29) is 12.2 Å². The van der Waals surface area contributed by atoms with Crippen LogP contribution < -0.4 is 4.74 Å². The van der Waals surface area contributed by atoms with Gasteiger partial charge in [-0.05, 0) is 24.3 Å². The highest BCUT2D eigenvalue weighted by Crippen LogP contribution is 2.22. The van der Waals surface area contributed by atoms with Gasteiger partial charge in [0, 0.05) is 5.56 Å². The SMILES string of the molecule is COC(=O)CC#Cc1ccc(OC(F)(F)F)cc1. The first kappa shape index (κ1) is 13.9. The third-order valence-corrected chi connectivity index (χ3v) is 1.78. The molecule has 0 aliphatic carbocycles. The monoisotopic (exact) mass is 258 g/mol. The van der Waals surface area contributed by atoms with Gasteiger partial charge in [0.05, 0.1) is 7.11 Å². The van der Waals surface area contributed by atoms with Gasteiger partial charge in [0.25, 0.3) is 0 Å². The Kier molecular flexibility index (Phi) is 4.60. The van der Waals surface area contributed by atoms with Gasteiger partial charge in [0.15, 0.2) is 0 Å². The van der Waals surface area contributed by atoms with Gasteiger partial charge in [0.2, 0.25) is 0 Å². The summed E-state index contributed by atoms with van der Waals surface area (Å²) in [5.41, 5.74) is 0.480. The van der Waals surface area contributed by atoms with E-state index in [0.29, 0.717) is 5.56 Å². The van der Waals surface area contributed by atoms with Crippen LogP contribution in [-0.4, -0.2) is 19.4 Å². The summed E-state index contributed by atoms with van der Waals surface area (Å²) in [6.45, 7) is 0. The lowest BCUT2D eigenvalue weighted by molar-refractivity contribution is -0.274. The van der Waals surface area contributed by atoms with Crippen molar-refractivity contribution in [1.29, 1.82) is 0 Å². The standard InChI is InChI=1S/C12H9F3O3/c1-17-11(16)4-2-3-9-5-7-10(8-6-9)18-12(13,14)15/h5-8H,4H2,1H3. The number of halogens is 3. The fourth-order valence-corrected chi connectivity index (χ4v) is 1.03. The molecule has 0 aromatic heterocycles. The Morgan fingerprint density at radius 3 is 2.39 bits per heavy atom. The highest BCUT2D eigenvalue weighted by atomic mass is 19.4. The first-order valence-corrected chi connectivity index (χ1v) is 4.82. The Morgan fingerprint density at radius 2 is 1.89 bits per heavy atom. The Hall–Kier alpha value is -2.16. The summed E-state index contributed by atoms with van der Waals surface area (Å²) in [4.78, 5) is 10.7. The molecule has 1 aromatic rings. The molecule has 0 unspecified atom stereocenters. The zero-order chi connectivity index (χ0) is 13.6. The summed E-state index contributed by atoms with van der Waals surface area (Å²) in [5, 5.41) is 0. The molecule has 1 aromatic carbocycles. The molecular weight excluding hydrogens is 249 g/mol. The molecule has 0 aliphatic rings. The van der Waals surface area contributed by atoms with E-state index in [1.165, 1.54) is 19.2 Å². The smallest absolute Gasteiger partial charge is 0.468 e. The molecule has 0 aliphatic heterocycles. The molecule has 18 heavy (non-hydrogen) atoms. The molecule has 0 bridgehead atoms. The second-order valence-electron chi connectivity index (χ2n) is 3.13.